The second-order valence-corrected chi connectivity index (χ2v) is 8.71. The van der Waals surface area contributed by atoms with Crippen molar-refractivity contribution in [3.63, 3.8) is 0 Å². The maximum atomic E-state index is 13.0. The predicted octanol–water partition coefficient (Wildman–Crippen LogP) is 6.77. The van der Waals surface area contributed by atoms with Crippen LogP contribution in [0.5, 0.6) is 11.5 Å². The minimum absolute atomic E-state index is 0.122. The van der Waals surface area contributed by atoms with Crippen LogP contribution in [0.3, 0.4) is 0 Å². The summed E-state index contributed by atoms with van der Waals surface area (Å²) < 4.78 is 32.8. The summed E-state index contributed by atoms with van der Waals surface area (Å²) in [6, 6.07) is 12.8. The first-order valence-corrected chi connectivity index (χ1v) is 11.1. The van der Waals surface area contributed by atoms with Gasteiger partial charge in [0.15, 0.2) is 11.6 Å². The molecule has 32 heavy (non-hydrogen) atoms. The SMILES string of the molecule is FC(F)c1cccc(Oc2cnc(Cl)cc2C2=NOC[C@@H](Cc3ccc(Br)cc3Cl)N2)c1. The first-order valence-electron chi connectivity index (χ1n) is 9.51. The molecule has 1 aliphatic heterocycles. The van der Waals surface area contributed by atoms with Crippen LogP contribution in [0.25, 0.3) is 0 Å². The number of nitrogens with zero attached hydrogens (tertiary/aromatic N) is 2. The number of pyridine rings is 1. The van der Waals surface area contributed by atoms with Crippen LogP contribution in [0.15, 0.2) is 64.4 Å². The van der Waals surface area contributed by atoms with Crippen LogP contribution >= 0.6 is 39.1 Å². The van der Waals surface area contributed by atoms with Gasteiger partial charge < -0.3 is 14.9 Å². The molecule has 0 aliphatic carbocycles. The summed E-state index contributed by atoms with van der Waals surface area (Å²) in [5.74, 6) is 0.917. The van der Waals surface area contributed by atoms with Gasteiger partial charge in [0.05, 0.1) is 17.8 Å². The van der Waals surface area contributed by atoms with Gasteiger partial charge in [-0.15, -0.1) is 0 Å². The molecule has 2 aromatic carbocycles. The van der Waals surface area contributed by atoms with Crippen LogP contribution in [0, 0.1) is 0 Å². The summed E-state index contributed by atoms with van der Waals surface area (Å²) in [6.07, 6.45) is -0.603. The van der Waals surface area contributed by atoms with Crippen molar-refractivity contribution >= 4 is 45.0 Å². The Morgan fingerprint density at radius 2 is 2.03 bits per heavy atom. The lowest BCUT2D eigenvalue weighted by molar-refractivity contribution is 0.109. The second kappa shape index (κ2) is 10.0. The van der Waals surface area contributed by atoms with Gasteiger partial charge in [-0.3, -0.25) is 0 Å². The Kier molecular flexibility index (Phi) is 7.13. The van der Waals surface area contributed by atoms with E-state index in [0.717, 1.165) is 10.0 Å². The fourth-order valence-electron chi connectivity index (χ4n) is 3.17. The van der Waals surface area contributed by atoms with Crippen molar-refractivity contribution in [2.75, 3.05) is 6.61 Å². The molecule has 2 heterocycles. The Morgan fingerprint density at radius 3 is 2.81 bits per heavy atom. The van der Waals surface area contributed by atoms with Gasteiger partial charge in [-0.25, -0.2) is 13.8 Å². The topological polar surface area (TPSA) is 55.7 Å². The number of halogens is 5. The number of hydrogen-bond donors (Lipinski definition) is 1. The summed E-state index contributed by atoms with van der Waals surface area (Å²) in [5, 5.41) is 8.26. The van der Waals surface area contributed by atoms with Crippen LogP contribution in [0.1, 0.15) is 23.1 Å². The molecular weight excluding hydrogens is 527 g/mol. The molecule has 0 saturated carbocycles. The predicted molar refractivity (Wildman–Crippen MR) is 123 cm³/mol. The zero-order valence-corrected chi connectivity index (χ0v) is 19.5. The smallest absolute Gasteiger partial charge is 0.263 e. The molecular formula is C22H16BrCl2F2N3O2. The summed E-state index contributed by atoms with van der Waals surface area (Å²) in [4.78, 5) is 9.48. The maximum Gasteiger partial charge on any atom is 0.263 e. The highest BCUT2D eigenvalue weighted by Gasteiger charge is 2.23. The number of aromatic nitrogens is 1. The van der Waals surface area contributed by atoms with E-state index in [1.54, 1.807) is 12.1 Å². The minimum atomic E-state index is -2.61. The van der Waals surface area contributed by atoms with Crippen LogP contribution in [-0.2, 0) is 11.3 Å². The zero-order chi connectivity index (χ0) is 22.7. The molecule has 1 aromatic heterocycles. The Balaban J connectivity index is 1.57. The van der Waals surface area contributed by atoms with E-state index in [9.17, 15) is 8.78 Å². The number of nitrogens with one attached hydrogen (secondary N) is 1. The van der Waals surface area contributed by atoms with E-state index in [0.29, 0.717) is 29.4 Å². The lowest BCUT2D eigenvalue weighted by Crippen LogP contribution is -2.43. The molecule has 1 aliphatic rings. The van der Waals surface area contributed by atoms with E-state index >= 15 is 0 Å². The molecule has 10 heteroatoms. The Hall–Kier alpha value is -2.42. The standard InChI is InChI=1S/C22H16BrCl2F2N3O2/c23-14-5-4-12(18(24)8-14)6-15-11-31-30-22(29-15)17-9-20(25)28-10-19(17)32-16-3-1-2-13(7-16)21(26)27/h1-5,7-10,15,21H,6,11H2,(H,29,30)/t15-/m1/s1. The van der Waals surface area contributed by atoms with Gasteiger partial charge in [0, 0.05) is 15.1 Å². The third-order valence-corrected chi connectivity index (χ3v) is 5.73. The number of amidine groups is 1. The molecule has 0 bridgehead atoms. The van der Waals surface area contributed by atoms with E-state index in [-0.39, 0.29) is 28.3 Å². The lowest BCUT2D eigenvalue weighted by Gasteiger charge is -2.25. The highest BCUT2D eigenvalue weighted by molar-refractivity contribution is 9.10. The van der Waals surface area contributed by atoms with E-state index in [4.69, 9.17) is 32.8 Å². The normalized spacial score (nSPS) is 15.7. The molecule has 166 valence electrons. The third-order valence-electron chi connectivity index (χ3n) is 4.68. The van der Waals surface area contributed by atoms with E-state index in [2.05, 4.69) is 31.4 Å². The Labute approximate surface area is 201 Å². The maximum absolute atomic E-state index is 13.0. The van der Waals surface area contributed by atoms with Gasteiger partial charge >= 0.3 is 0 Å². The van der Waals surface area contributed by atoms with Crippen molar-refractivity contribution in [1.29, 1.82) is 0 Å². The average Bonchev–Trinajstić information content (AvgIpc) is 2.77. The van der Waals surface area contributed by atoms with Crippen LogP contribution in [-0.4, -0.2) is 23.5 Å². The Morgan fingerprint density at radius 1 is 1.19 bits per heavy atom. The molecule has 1 atom stereocenters. The van der Waals surface area contributed by atoms with Crippen LogP contribution in [0.4, 0.5) is 8.78 Å². The van der Waals surface area contributed by atoms with Crippen molar-refractivity contribution in [1.82, 2.24) is 10.3 Å². The number of benzene rings is 2. The van der Waals surface area contributed by atoms with Crippen LogP contribution in [0.2, 0.25) is 10.2 Å². The minimum Gasteiger partial charge on any atom is -0.455 e. The van der Waals surface area contributed by atoms with Gasteiger partial charge in [0.1, 0.15) is 17.5 Å². The fourth-order valence-corrected chi connectivity index (χ4v) is 4.08. The number of rotatable bonds is 6. The van der Waals surface area contributed by atoms with Gasteiger partial charge in [-0.05, 0) is 42.3 Å². The average molecular weight is 543 g/mol. The molecule has 0 radical (unpaired) electrons. The molecule has 1 N–H and O–H groups in total. The molecule has 0 spiro atoms. The van der Waals surface area contributed by atoms with Crippen molar-refractivity contribution in [2.45, 2.75) is 18.9 Å². The molecule has 4 rings (SSSR count). The number of hydrogen-bond acceptors (Lipinski definition) is 5. The molecule has 0 amide bonds. The molecule has 0 fully saturated rings. The highest BCUT2D eigenvalue weighted by Crippen LogP contribution is 2.30. The van der Waals surface area contributed by atoms with E-state index in [1.165, 1.54) is 24.4 Å². The second-order valence-electron chi connectivity index (χ2n) is 7.00. The zero-order valence-electron chi connectivity index (χ0n) is 16.4. The number of oxime groups is 1. The summed E-state index contributed by atoms with van der Waals surface area (Å²) >= 11 is 15.8. The van der Waals surface area contributed by atoms with Crippen LogP contribution < -0.4 is 10.1 Å². The van der Waals surface area contributed by atoms with Gasteiger partial charge in [-0.1, -0.05) is 62.5 Å². The van der Waals surface area contributed by atoms with E-state index in [1.807, 2.05) is 18.2 Å². The van der Waals surface area contributed by atoms with Crippen molar-refractivity contribution < 1.29 is 18.4 Å². The third kappa shape index (κ3) is 5.49. The largest absolute Gasteiger partial charge is 0.455 e. The fraction of sp³-hybridized carbons (Fsp3) is 0.182. The quantitative estimate of drug-likeness (QED) is 0.349. The lowest BCUT2D eigenvalue weighted by atomic mass is 10.1. The summed E-state index contributed by atoms with van der Waals surface area (Å²) in [6.45, 7) is 0.335. The van der Waals surface area contributed by atoms with Crippen molar-refractivity contribution in [3.8, 4) is 11.5 Å². The number of alkyl halides is 2. The monoisotopic (exact) mass is 541 g/mol. The van der Waals surface area contributed by atoms with Gasteiger partial charge in [-0.2, -0.15) is 0 Å². The summed E-state index contributed by atoms with van der Waals surface area (Å²) in [7, 11) is 0. The number of ether oxygens (including phenoxy) is 1. The van der Waals surface area contributed by atoms with Crippen molar-refractivity contribution in [3.05, 3.63) is 86.1 Å². The molecule has 0 saturated heterocycles. The first-order chi connectivity index (χ1) is 15.4. The molecule has 3 aromatic rings. The van der Waals surface area contributed by atoms with E-state index < -0.39 is 6.43 Å². The van der Waals surface area contributed by atoms with Gasteiger partial charge in [0.2, 0.25) is 0 Å². The highest BCUT2D eigenvalue weighted by atomic mass is 79.9. The Bertz CT molecular complexity index is 1160. The van der Waals surface area contributed by atoms with Gasteiger partial charge in [0.25, 0.3) is 6.43 Å². The molecule has 5 nitrogen and oxygen atoms in total. The molecule has 0 unspecified atom stereocenters. The van der Waals surface area contributed by atoms with Crippen molar-refractivity contribution in [2.24, 2.45) is 5.16 Å². The summed E-state index contributed by atoms with van der Waals surface area (Å²) in [5.41, 5.74) is 1.29. The first kappa shape index (κ1) is 22.8.